The van der Waals surface area contributed by atoms with Crippen molar-refractivity contribution in [2.24, 2.45) is 0 Å². The Kier molecular flexibility index (Phi) is 2.27. The largest absolute Gasteiger partial charge is 0.256 e. The maximum Gasteiger partial charge on any atom is 0.123 e. The van der Waals surface area contributed by atoms with Crippen LogP contribution >= 0.6 is 0 Å². The fraction of sp³-hybridized carbons (Fsp3) is 0.0556. The average molecular weight is 267 g/mol. The summed E-state index contributed by atoms with van der Waals surface area (Å²) < 4.78 is 44.2. The highest BCUT2D eigenvalue weighted by Crippen LogP contribution is 2.26. The van der Waals surface area contributed by atoms with Crippen LogP contribution in [-0.4, -0.2) is 4.98 Å². The first-order chi connectivity index (χ1) is 11.4. The molecule has 1 nitrogen and oxygen atoms in total. The third-order valence-electron chi connectivity index (χ3n) is 3.09. The van der Waals surface area contributed by atoms with Gasteiger partial charge in [-0.25, -0.2) is 4.39 Å². The van der Waals surface area contributed by atoms with Gasteiger partial charge < -0.3 is 0 Å². The van der Waals surface area contributed by atoms with Crippen LogP contribution in [0, 0.1) is 12.7 Å². The number of pyridine rings is 1. The molecule has 0 unspecified atom stereocenters. The third kappa shape index (κ3) is 2.45. The van der Waals surface area contributed by atoms with Gasteiger partial charge in [0.05, 0.1) is 11.2 Å². The SMILES string of the molecule is [2H]c1cc(-c2cc(C)c(-c3ccc(F)cc3)cn2)c([2H])c([2H])c1[2H]. The molecule has 0 aliphatic heterocycles. The number of nitrogens with zero attached hydrogens (tertiary/aromatic N) is 1. The summed E-state index contributed by atoms with van der Waals surface area (Å²) in [4.78, 5) is 4.34. The van der Waals surface area contributed by atoms with Crippen LogP contribution in [-0.2, 0) is 0 Å². The van der Waals surface area contributed by atoms with Crippen molar-refractivity contribution in [2.75, 3.05) is 0 Å². The van der Waals surface area contributed by atoms with E-state index in [1.54, 1.807) is 24.4 Å². The first-order valence-electron chi connectivity index (χ1n) is 8.19. The zero-order chi connectivity index (χ0) is 17.4. The van der Waals surface area contributed by atoms with Crippen LogP contribution in [0.1, 0.15) is 11.0 Å². The summed E-state index contributed by atoms with van der Waals surface area (Å²) in [5.74, 6) is -0.304. The molecule has 1 aromatic heterocycles. The zero-order valence-corrected chi connectivity index (χ0v) is 10.9. The lowest BCUT2D eigenvalue weighted by Crippen LogP contribution is -1.89. The molecule has 0 amide bonds. The van der Waals surface area contributed by atoms with Gasteiger partial charge in [-0.05, 0) is 36.2 Å². The highest BCUT2D eigenvalue weighted by molar-refractivity contribution is 5.70. The standard InChI is InChI=1S/C18H14FN/c1-13-11-18(15-5-3-2-4-6-15)20-12-17(13)14-7-9-16(19)10-8-14/h2-12H,1H3/i2D,3D,4D,5D. The minimum Gasteiger partial charge on any atom is -0.256 e. The molecule has 0 fully saturated rings. The first kappa shape index (κ1) is 8.64. The normalized spacial score (nSPS) is 13.3. The van der Waals surface area contributed by atoms with Crippen molar-refractivity contribution in [1.29, 1.82) is 0 Å². The second kappa shape index (κ2) is 5.25. The molecule has 0 atom stereocenters. The van der Waals surface area contributed by atoms with Gasteiger partial charge in [0.2, 0.25) is 0 Å². The Labute approximate surface area is 123 Å². The lowest BCUT2D eigenvalue weighted by molar-refractivity contribution is 0.628. The second-order valence-electron chi connectivity index (χ2n) is 4.47. The molecule has 0 aliphatic rings. The molecule has 0 saturated carbocycles. The fourth-order valence-corrected chi connectivity index (χ4v) is 2.05. The molecule has 20 heavy (non-hydrogen) atoms. The molecule has 0 saturated heterocycles. The van der Waals surface area contributed by atoms with Crippen LogP contribution in [0.5, 0.6) is 0 Å². The average Bonchev–Trinajstić information content (AvgIpc) is 2.57. The molecule has 0 aliphatic carbocycles. The lowest BCUT2D eigenvalue weighted by atomic mass is 10.0. The Morgan fingerprint density at radius 2 is 1.80 bits per heavy atom. The van der Waals surface area contributed by atoms with E-state index in [-0.39, 0.29) is 30.0 Å². The lowest BCUT2D eigenvalue weighted by Gasteiger charge is -2.08. The van der Waals surface area contributed by atoms with Crippen molar-refractivity contribution in [3.05, 3.63) is 78.1 Å². The van der Waals surface area contributed by atoms with E-state index in [0.29, 0.717) is 11.3 Å². The topological polar surface area (TPSA) is 12.9 Å². The molecule has 0 radical (unpaired) electrons. The Hall–Kier alpha value is -2.48. The second-order valence-corrected chi connectivity index (χ2v) is 4.47. The van der Waals surface area contributed by atoms with Gasteiger partial charge in [-0.15, -0.1) is 0 Å². The molecule has 2 aromatic carbocycles. The Balaban J connectivity index is 2.09. The van der Waals surface area contributed by atoms with E-state index in [1.807, 2.05) is 6.92 Å². The van der Waals surface area contributed by atoms with E-state index in [9.17, 15) is 4.39 Å². The minimum atomic E-state index is -0.304. The molecular weight excluding hydrogens is 249 g/mol. The molecular formula is C18H14FN. The third-order valence-corrected chi connectivity index (χ3v) is 3.09. The van der Waals surface area contributed by atoms with Gasteiger partial charge in [-0.3, -0.25) is 4.98 Å². The zero-order valence-electron chi connectivity index (χ0n) is 14.9. The summed E-state index contributed by atoms with van der Waals surface area (Å²) in [6, 6.07) is 8.53. The highest BCUT2D eigenvalue weighted by atomic mass is 19.1. The Morgan fingerprint density at radius 1 is 1.00 bits per heavy atom. The minimum absolute atomic E-state index is 0.104. The van der Waals surface area contributed by atoms with Gasteiger partial charge in [0, 0.05) is 17.3 Å². The van der Waals surface area contributed by atoms with Gasteiger partial charge in [0.25, 0.3) is 0 Å². The number of aryl methyl sites for hydroxylation is 1. The number of hydrogen-bond acceptors (Lipinski definition) is 1. The molecule has 0 bridgehead atoms. The van der Waals surface area contributed by atoms with Gasteiger partial charge in [-0.1, -0.05) is 42.4 Å². The quantitative estimate of drug-likeness (QED) is 0.646. The maximum atomic E-state index is 13.1. The summed E-state index contributed by atoms with van der Waals surface area (Å²) >= 11 is 0. The number of hydrogen-bond donors (Lipinski definition) is 0. The molecule has 0 spiro atoms. The first-order valence-corrected chi connectivity index (χ1v) is 6.19. The van der Waals surface area contributed by atoms with Crippen LogP contribution in [0.15, 0.2) is 66.8 Å². The van der Waals surface area contributed by atoms with Crippen LogP contribution in [0.25, 0.3) is 22.4 Å². The summed E-state index contributed by atoms with van der Waals surface area (Å²) in [5.41, 5.74) is 3.40. The molecule has 3 aromatic rings. The predicted octanol–water partition coefficient (Wildman–Crippen LogP) is 4.86. The molecule has 0 N–H and O–H groups in total. The van der Waals surface area contributed by atoms with Crippen LogP contribution in [0.2, 0.25) is 0 Å². The van der Waals surface area contributed by atoms with E-state index in [2.05, 4.69) is 4.98 Å². The fourth-order valence-electron chi connectivity index (χ4n) is 2.05. The van der Waals surface area contributed by atoms with E-state index in [0.717, 1.165) is 16.7 Å². The maximum absolute atomic E-state index is 13.1. The van der Waals surface area contributed by atoms with Gasteiger partial charge >= 0.3 is 0 Å². The molecule has 1 heterocycles. The monoisotopic (exact) mass is 267 g/mol. The molecule has 98 valence electrons. The van der Waals surface area contributed by atoms with Crippen molar-refractivity contribution in [2.45, 2.75) is 6.92 Å². The molecule has 2 heteroatoms. The van der Waals surface area contributed by atoms with Crippen LogP contribution in [0.3, 0.4) is 0 Å². The van der Waals surface area contributed by atoms with Crippen molar-refractivity contribution >= 4 is 0 Å². The number of halogens is 1. The predicted molar refractivity (Wildman–Crippen MR) is 79.8 cm³/mol. The number of aromatic nitrogens is 1. The van der Waals surface area contributed by atoms with Gasteiger partial charge in [0.15, 0.2) is 0 Å². The van der Waals surface area contributed by atoms with Crippen molar-refractivity contribution in [3.8, 4) is 22.4 Å². The number of rotatable bonds is 2. The van der Waals surface area contributed by atoms with E-state index >= 15 is 0 Å². The van der Waals surface area contributed by atoms with Gasteiger partial charge in [0.1, 0.15) is 5.82 Å². The summed E-state index contributed by atoms with van der Waals surface area (Å²) in [6.07, 6.45) is 1.64. The Bertz CT molecular complexity index is 923. The van der Waals surface area contributed by atoms with Gasteiger partial charge in [-0.2, -0.15) is 0 Å². The summed E-state index contributed by atoms with van der Waals surface area (Å²) in [5, 5.41) is 0. The van der Waals surface area contributed by atoms with E-state index < -0.39 is 0 Å². The van der Waals surface area contributed by atoms with Crippen molar-refractivity contribution in [3.63, 3.8) is 0 Å². The van der Waals surface area contributed by atoms with Crippen molar-refractivity contribution in [1.82, 2.24) is 4.98 Å². The van der Waals surface area contributed by atoms with E-state index in [1.165, 1.54) is 18.2 Å². The van der Waals surface area contributed by atoms with Crippen LogP contribution < -0.4 is 0 Å². The van der Waals surface area contributed by atoms with Crippen molar-refractivity contribution < 1.29 is 9.87 Å². The Morgan fingerprint density at radius 3 is 2.55 bits per heavy atom. The summed E-state index contributed by atoms with van der Waals surface area (Å²) in [6.45, 7) is 1.88. The highest BCUT2D eigenvalue weighted by Gasteiger charge is 2.05. The van der Waals surface area contributed by atoms with E-state index in [4.69, 9.17) is 5.48 Å². The smallest absolute Gasteiger partial charge is 0.123 e. The number of benzene rings is 2. The summed E-state index contributed by atoms with van der Waals surface area (Å²) in [7, 11) is 0. The van der Waals surface area contributed by atoms with Crippen LogP contribution in [0.4, 0.5) is 4.39 Å². The molecule has 3 rings (SSSR count).